The maximum atomic E-state index is 11.7. The van der Waals surface area contributed by atoms with Crippen LogP contribution in [0.2, 0.25) is 0 Å². The van der Waals surface area contributed by atoms with Crippen molar-refractivity contribution in [2.75, 3.05) is 13.2 Å². The number of aromatic nitrogens is 1. The van der Waals surface area contributed by atoms with E-state index in [1.165, 1.54) is 0 Å². The van der Waals surface area contributed by atoms with Gasteiger partial charge in [0.25, 0.3) is 0 Å². The van der Waals surface area contributed by atoms with Crippen LogP contribution in [-0.4, -0.2) is 29.1 Å². The molecule has 0 saturated heterocycles. The van der Waals surface area contributed by atoms with Gasteiger partial charge >= 0.3 is 0 Å². The highest BCUT2D eigenvalue weighted by atomic mass is 16.3. The number of amides is 1. The van der Waals surface area contributed by atoms with E-state index in [-0.39, 0.29) is 12.5 Å². The van der Waals surface area contributed by atoms with Crippen LogP contribution in [0, 0.1) is 5.92 Å². The van der Waals surface area contributed by atoms with Crippen LogP contribution in [0.5, 0.6) is 0 Å². The molecule has 19 heavy (non-hydrogen) atoms. The lowest BCUT2D eigenvalue weighted by Gasteiger charge is -2.15. The van der Waals surface area contributed by atoms with Gasteiger partial charge in [0.2, 0.25) is 5.91 Å². The van der Waals surface area contributed by atoms with Crippen LogP contribution < -0.4 is 5.32 Å². The quantitative estimate of drug-likeness (QED) is 0.716. The third-order valence-corrected chi connectivity index (χ3v) is 3.21. The lowest BCUT2D eigenvalue weighted by Crippen LogP contribution is -2.29. The summed E-state index contributed by atoms with van der Waals surface area (Å²) in [6.07, 6.45) is 7.62. The van der Waals surface area contributed by atoms with Crippen LogP contribution in [-0.2, 0) is 11.2 Å². The van der Waals surface area contributed by atoms with Crippen LogP contribution in [0.25, 0.3) is 0 Å². The fourth-order valence-electron chi connectivity index (χ4n) is 2.09. The minimum absolute atomic E-state index is 0.0795. The lowest BCUT2D eigenvalue weighted by molar-refractivity contribution is -0.121. The Labute approximate surface area is 115 Å². The third kappa shape index (κ3) is 6.91. The molecular formula is C15H24N2O2. The first-order valence-corrected chi connectivity index (χ1v) is 7.02. The predicted molar refractivity (Wildman–Crippen MR) is 75.7 cm³/mol. The zero-order valence-electron chi connectivity index (χ0n) is 11.6. The normalized spacial score (nSPS) is 12.1. The standard InChI is InChI=1S/C15H24N2O2/c1-2-3-14(8-11-18)12-17-15(19)5-4-13-6-9-16-10-7-13/h6-7,9-10,14,18H,2-5,8,11-12H2,1H3,(H,17,19). The van der Waals surface area contributed by atoms with Gasteiger partial charge in [-0.25, -0.2) is 0 Å². The van der Waals surface area contributed by atoms with Crippen LogP contribution in [0.15, 0.2) is 24.5 Å². The van der Waals surface area contributed by atoms with Crippen molar-refractivity contribution in [2.24, 2.45) is 5.92 Å². The predicted octanol–water partition coefficient (Wildman–Crippen LogP) is 1.93. The summed E-state index contributed by atoms with van der Waals surface area (Å²) in [5, 5.41) is 11.9. The smallest absolute Gasteiger partial charge is 0.220 e. The van der Waals surface area contributed by atoms with Crippen molar-refractivity contribution in [3.05, 3.63) is 30.1 Å². The monoisotopic (exact) mass is 264 g/mol. The molecule has 1 rings (SSSR count). The molecule has 1 unspecified atom stereocenters. The molecule has 0 aliphatic heterocycles. The van der Waals surface area contributed by atoms with Gasteiger partial charge in [0, 0.05) is 32.0 Å². The topological polar surface area (TPSA) is 62.2 Å². The molecule has 0 aromatic carbocycles. The Bertz CT molecular complexity index is 348. The van der Waals surface area contributed by atoms with Crippen molar-refractivity contribution >= 4 is 5.91 Å². The van der Waals surface area contributed by atoms with Crippen LogP contribution in [0.4, 0.5) is 0 Å². The van der Waals surface area contributed by atoms with E-state index < -0.39 is 0 Å². The van der Waals surface area contributed by atoms with E-state index in [9.17, 15) is 4.79 Å². The van der Waals surface area contributed by atoms with Crippen molar-refractivity contribution in [2.45, 2.75) is 39.0 Å². The number of pyridine rings is 1. The second kappa shape index (κ2) is 9.50. The van der Waals surface area contributed by atoms with Crippen LogP contribution >= 0.6 is 0 Å². The number of carbonyl (C=O) groups is 1. The molecule has 106 valence electrons. The Morgan fingerprint density at radius 1 is 1.37 bits per heavy atom. The Hall–Kier alpha value is -1.42. The van der Waals surface area contributed by atoms with E-state index in [1.807, 2.05) is 12.1 Å². The molecule has 1 amide bonds. The van der Waals surface area contributed by atoms with Crippen molar-refractivity contribution < 1.29 is 9.90 Å². The molecule has 1 atom stereocenters. The summed E-state index contributed by atoms with van der Waals surface area (Å²) >= 11 is 0. The van der Waals surface area contributed by atoms with Gasteiger partial charge < -0.3 is 10.4 Å². The minimum atomic E-state index is 0.0795. The first-order valence-electron chi connectivity index (χ1n) is 7.02. The summed E-state index contributed by atoms with van der Waals surface area (Å²) in [7, 11) is 0. The Kier molecular flexibility index (Phi) is 7.82. The van der Waals surface area contributed by atoms with E-state index in [4.69, 9.17) is 5.11 Å². The highest BCUT2D eigenvalue weighted by Crippen LogP contribution is 2.09. The first kappa shape index (κ1) is 15.6. The van der Waals surface area contributed by atoms with Crippen molar-refractivity contribution in [3.63, 3.8) is 0 Å². The summed E-state index contributed by atoms with van der Waals surface area (Å²) in [4.78, 5) is 15.7. The summed E-state index contributed by atoms with van der Waals surface area (Å²) in [6.45, 7) is 2.98. The molecule has 0 aliphatic rings. The molecule has 0 fully saturated rings. The highest BCUT2D eigenvalue weighted by molar-refractivity contribution is 5.76. The fourth-order valence-corrected chi connectivity index (χ4v) is 2.09. The second-order valence-corrected chi connectivity index (χ2v) is 4.83. The number of nitrogens with zero attached hydrogens (tertiary/aromatic N) is 1. The Morgan fingerprint density at radius 2 is 2.11 bits per heavy atom. The van der Waals surface area contributed by atoms with Crippen molar-refractivity contribution in [3.8, 4) is 0 Å². The summed E-state index contributed by atoms with van der Waals surface area (Å²) in [5.74, 6) is 0.468. The maximum Gasteiger partial charge on any atom is 0.220 e. The molecule has 1 aromatic heterocycles. The number of carbonyl (C=O) groups excluding carboxylic acids is 1. The van der Waals surface area contributed by atoms with Gasteiger partial charge in [0.1, 0.15) is 0 Å². The SMILES string of the molecule is CCCC(CCO)CNC(=O)CCc1ccncc1. The number of aliphatic hydroxyl groups excluding tert-OH is 1. The summed E-state index contributed by atoms with van der Waals surface area (Å²) in [5.41, 5.74) is 1.13. The number of aryl methyl sites for hydroxylation is 1. The van der Waals surface area contributed by atoms with E-state index in [0.29, 0.717) is 18.9 Å². The van der Waals surface area contributed by atoms with E-state index in [0.717, 1.165) is 31.2 Å². The number of aliphatic hydroxyl groups is 1. The zero-order valence-corrected chi connectivity index (χ0v) is 11.6. The summed E-state index contributed by atoms with van der Waals surface area (Å²) < 4.78 is 0. The van der Waals surface area contributed by atoms with Crippen molar-refractivity contribution in [1.29, 1.82) is 0 Å². The molecule has 2 N–H and O–H groups in total. The van der Waals surface area contributed by atoms with Gasteiger partial charge in [-0.15, -0.1) is 0 Å². The molecule has 4 heteroatoms. The molecule has 0 spiro atoms. The average molecular weight is 264 g/mol. The maximum absolute atomic E-state index is 11.7. The number of hydrogen-bond donors (Lipinski definition) is 2. The minimum Gasteiger partial charge on any atom is -0.396 e. The number of hydrogen-bond acceptors (Lipinski definition) is 3. The highest BCUT2D eigenvalue weighted by Gasteiger charge is 2.09. The van der Waals surface area contributed by atoms with Gasteiger partial charge in [-0.3, -0.25) is 9.78 Å². The fraction of sp³-hybridized carbons (Fsp3) is 0.600. The second-order valence-electron chi connectivity index (χ2n) is 4.83. The molecule has 1 aromatic rings. The van der Waals surface area contributed by atoms with E-state index in [1.54, 1.807) is 12.4 Å². The molecule has 0 aliphatic carbocycles. The van der Waals surface area contributed by atoms with Crippen LogP contribution in [0.1, 0.15) is 38.2 Å². The first-order chi connectivity index (χ1) is 9.26. The van der Waals surface area contributed by atoms with Crippen molar-refractivity contribution in [1.82, 2.24) is 10.3 Å². The molecule has 0 radical (unpaired) electrons. The van der Waals surface area contributed by atoms with Gasteiger partial charge in [-0.1, -0.05) is 13.3 Å². The molecule has 0 saturated carbocycles. The zero-order chi connectivity index (χ0) is 13.9. The molecule has 1 heterocycles. The third-order valence-electron chi connectivity index (χ3n) is 3.21. The Morgan fingerprint density at radius 3 is 2.74 bits per heavy atom. The van der Waals surface area contributed by atoms with Gasteiger partial charge in [-0.2, -0.15) is 0 Å². The number of nitrogens with one attached hydrogen (secondary N) is 1. The van der Waals surface area contributed by atoms with Gasteiger partial charge in [-0.05, 0) is 42.9 Å². The van der Waals surface area contributed by atoms with E-state index in [2.05, 4.69) is 17.2 Å². The molecular weight excluding hydrogens is 240 g/mol. The largest absolute Gasteiger partial charge is 0.396 e. The average Bonchev–Trinajstić information content (AvgIpc) is 2.44. The van der Waals surface area contributed by atoms with Crippen LogP contribution in [0.3, 0.4) is 0 Å². The lowest BCUT2D eigenvalue weighted by atomic mass is 10.00. The van der Waals surface area contributed by atoms with Gasteiger partial charge in [0.05, 0.1) is 0 Å². The molecule has 4 nitrogen and oxygen atoms in total. The summed E-state index contributed by atoms with van der Waals surface area (Å²) in [6, 6.07) is 3.86. The Balaban J connectivity index is 2.23. The van der Waals surface area contributed by atoms with Gasteiger partial charge in [0.15, 0.2) is 0 Å². The van der Waals surface area contributed by atoms with E-state index >= 15 is 0 Å². The molecule has 0 bridgehead atoms. The number of rotatable bonds is 9.